The summed E-state index contributed by atoms with van der Waals surface area (Å²) < 4.78 is 5.72. The van der Waals surface area contributed by atoms with Crippen LogP contribution in [-0.2, 0) is 6.54 Å². The van der Waals surface area contributed by atoms with E-state index in [4.69, 9.17) is 27.6 Å². The van der Waals surface area contributed by atoms with Gasteiger partial charge in [0.25, 0.3) is 0 Å². The van der Waals surface area contributed by atoms with Gasteiger partial charge in [-0.3, -0.25) is 4.90 Å². The first-order valence-corrected chi connectivity index (χ1v) is 7.78. The minimum atomic E-state index is 0.430. The first kappa shape index (κ1) is 14.8. The molecule has 1 aromatic heterocycles. The second kappa shape index (κ2) is 5.95. The highest BCUT2D eigenvalue weighted by molar-refractivity contribution is 6.36. The number of hydrogen-bond donors (Lipinski definition) is 0. The van der Waals surface area contributed by atoms with Crippen LogP contribution in [0.1, 0.15) is 25.7 Å². The molecule has 112 valence electrons. The van der Waals surface area contributed by atoms with Crippen molar-refractivity contribution in [2.45, 2.75) is 32.4 Å². The van der Waals surface area contributed by atoms with Crippen LogP contribution in [0, 0.1) is 5.92 Å². The molecule has 4 nitrogen and oxygen atoms in total. The molecule has 0 spiro atoms. The quantitative estimate of drug-likeness (QED) is 0.823. The maximum absolute atomic E-state index is 6.16. The molecule has 1 fully saturated rings. The van der Waals surface area contributed by atoms with E-state index < -0.39 is 0 Å². The molecule has 0 aliphatic heterocycles. The lowest BCUT2D eigenvalue weighted by Gasteiger charge is -2.22. The van der Waals surface area contributed by atoms with Gasteiger partial charge in [0.05, 0.1) is 17.1 Å². The van der Waals surface area contributed by atoms with Crippen molar-refractivity contribution in [3.63, 3.8) is 0 Å². The largest absolute Gasteiger partial charge is 0.419 e. The van der Waals surface area contributed by atoms with Crippen LogP contribution in [0.3, 0.4) is 0 Å². The molecule has 3 rings (SSSR count). The van der Waals surface area contributed by atoms with Crippen LogP contribution < -0.4 is 0 Å². The van der Waals surface area contributed by atoms with Crippen molar-refractivity contribution in [1.29, 1.82) is 0 Å². The summed E-state index contributed by atoms with van der Waals surface area (Å²) >= 11 is 12.0. The second-order valence-electron chi connectivity index (χ2n) is 5.62. The minimum absolute atomic E-state index is 0.430. The van der Waals surface area contributed by atoms with Crippen LogP contribution >= 0.6 is 23.2 Å². The number of halogens is 2. The minimum Gasteiger partial charge on any atom is -0.419 e. The van der Waals surface area contributed by atoms with Gasteiger partial charge in [0.2, 0.25) is 11.8 Å². The molecule has 0 unspecified atom stereocenters. The summed E-state index contributed by atoms with van der Waals surface area (Å²) in [6.45, 7) is 2.89. The van der Waals surface area contributed by atoms with E-state index >= 15 is 0 Å². The van der Waals surface area contributed by atoms with E-state index in [9.17, 15) is 0 Å². The summed E-state index contributed by atoms with van der Waals surface area (Å²) in [5, 5.41) is 9.28. The van der Waals surface area contributed by atoms with Gasteiger partial charge < -0.3 is 4.42 Å². The van der Waals surface area contributed by atoms with Crippen LogP contribution in [0.4, 0.5) is 0 Å². The Hall–Kier alpha value is -1.10. The van der Waals surface area contributed by atoms with E-state index in [2.05, 4.69) is 29.1 Å². The van der Waals surface area contributed by atoms with Crippen LogP contribution in [0.5, 0.6) is 0 Å². The average molecular weight is 326 g/mol. The molecule has 0 saturated heterocycles. The fourth-order valence-electron chi connectivity index (χ4n) is 2.39. The predicted molar refractivity (Wildman–Crippen MR) is 83.4 cm³/mol. The van der Waals surface area contributed by atoms with Gasteiger partial charge in [-0.2, -0.15) is 0 Å². The van der Waals surface area contributed by atoms with E-state index in [1.54, 1.807) is 18.2 Å². The topological polar surface area (TPSA) is 42.2 Å². The zero-order valence-corrected chi connectivity index (χ0v) is 13.5. The van der Waals surface area contributed by atoms with Gasteiger partial charge in [0.1, 0.15) is 0 Å². The van der Waals surface area contributed by atoms with Crippen LogP contribution in [0.25, 0.3) is 11.5 Å². The molecule has 1 aromatic carbocycles. The second-order valence-corrected chi connectivity index (χ2v) is 6.46. The lowest BCUT2D eigenvalue weighted by Crippen LogP contribution is -2.30. The molecule has 1 aliphatic carbocycles. The number of rotatable bonds is 5. The Balaban J connectivity index is 1.73. The average Bonchev–Trinajstić information content (AvgIpc) is 3.19. The van der Waals surface area contributed by atoms with Gasteiger partial charge in [0, 0.05) is 11.1 Å². The molecule has 0 N–H and O–H groups in total. The van der Waals surface area contributed by atoms with Crippen molar-refractivity contribution in [2.75, 3.05) is 7.05 Å². The van der Waals surface area contributed by atoms with Gasteiger partial charge in [0.15, 0.2) is 0 Å². The van der Waals surface area contributed by atoms with Crippen molar-refractivity contribution >= 4 is 23.2 Å². The Labute approximate surface area is 134 Å². The normalized spacial score (nSPS) is 16.4. The third-order valence-corrected chi connectivity index (χ3v) is 4.56. The molecular formula is C15H17Cl2N3O. The fraction of sp³-hybridized carbons (Fsp3) is 0.467. The number of hydrogen-bond acceptors (Lipinski definition) is 4. The van der Waals surface area contributed by atoms with Crippen molar-refractivity contribution in [3.05, 3.63) is 34.1 Å². The summed E-state index contributed by atoms with van der Waals surface area (Å²) in [7, 11) is 2.09. The zero-order valence-electron chi connectivity index (χ0n) is 12.0. The van der Waals surface area contributed by atoms with Gasteiger partial charge in [-0.15, -0.1) is 10.2 Å². The first-order valence-electron chi connectivity index (χ1n) is 7.02. The lowest BCUT2D eigenvalue weighted by atomic mass is 10.2. The Morgan fingerprint density at radius 3 is 2.76 bits per heavy atom. The van der Waals surface area contributed by atoms with E-state index in [1.165, 1.54) is 12.8 Å². The monoisotopic (exact) mass is 325 g/mol. The molecule has 1 atom stereocenters. The third kappa shape index (κ3) is 3.39. The van der Waals surface area contributed by atoms with Gasteiger partial charge in [-0.05, 0) is 50.9 Å². The van der Waals surface area contributed by atoms with Crippen LogP contribution in [0.15, 0.2) is 22.6 Å². The molecule has 2 aromatic rings. The summed E-state index contributed by atoms with van der Waals surface area (Å²) in [5.41, 5.74) is 0.706. The smallest absolute Gasteiger partial charge is 0.249 e. The number of nitrogens with zero attached hydrogens (tertiary/aromatic N) is 3. The predicted octanol–water partition coefficient (Wildman–Crippen LogP) is 4.27. The van der Waals surface area contributed by atoms with Crippen molar-refractivity contribution in [2.24, 2.45) is 5.92 Å². The SMILES string of the molecule is C[C@H](C1CC1)N(C)Cc1nnc(-c2ccc(Cl)cc2Cl)o1. The Morgan fingerprint density at radius 2 is 2.10 bits per heavy atom. The number of benzene rings is 1. The summed E-state index contributed by atoms with van der Waals surface area (Å²) in [5.74, 6) is 1.84. The molecule has 0 bridgehead atoms. The number of aromatic nitrogens is 2. The van der Waals surface area contributed by atoms with E-state index in [0.717, 1.165) is 5.92 Å². The Morgan fingerprint density at radius 1 is 1.33 bits per heavy atom. The molecule has 0 amide bonds. The highest BCUT2D eigenvalue weighted by Crippen LogP contribution is 2.35. The van der Waals surface area contributed by atoms with Crippen LogP contribution in [-0.4, -0.2) is 28.2 Å². The molecular weight excluding hydrogens is 309 g/mol. The van der Waals surface area contributed by atoms with E-state index in [-0.39, 0.29) is 0 Å². The highest BCUT2D eigenvalue weighted by atomic mass is 35.5. The molecule has 1 aliphatic rings. The first-order chi connectivity index (χ1) is 10.0. The van der Waals surface area contributed by atoms with Crippen molar-refractivity contribution in [3.8, 4) is 11.5 Å². The molecule has 1 heterocycles. The van der Waals surface area contributed by atoms with Gasteiger partial charge in [-0.1, -0.05) is 23.2 Å². The van der Waals surface area contributed by atoms with Gasteiger partial charge in [-0.25, -0.2) is 0 Å². The molecule has 21 heavy (non-hydrogen) atoms. The van der Waals surface area contributed by atoms with E-state index in [0.29, 0.717) is 40.0 Å². The third-order valence-electron chi connectivity index (χ3n) is 4.01. The fourth-order valence-corrected chi connectivity index (χ4v) is 2.87. The van der Waals surface area contributed by atoms with Crippen molar-refractivity contribution < 1.29 is 4.42 Å². The summed E-state index contributed by atoms with van der Waals surface area (Å²) in [4.78, 5) is 2.25. The molecule has 6 heteroatoms. The maximum atomic E-state index is 6.16. The maximum Gasteiger partial charge on any atom is 0.249 e. The standard InChI is InChI=1S/C15H17Cl2N3O/c1-9(10-3-4-10)20(2)8-14-18-19-15(21-14)12-6-5-11(16)7-13(12)17/h5-7,9-10H,3-4,8H2,1-2H3/t9-/m1/s1. The zero-order chi connectivity index (χ0) is 15.0. The van der Waals surface area contributed by atoms with Crippen LogP contribution in [0.2, 0.25) is 10.0 Å². The highest BCUT2D eigenvalue weighted by Gasteiger charge is 2.31. The van der Waals surface area contributed by atoms with E-state index in [1.807, 2.05) is 0 Å². The van der Waals surface area contributed by atoms with Gasteiger partial charge >= 0.3 is 0 Å². The lowest BCUT2D eigenvalue weighted by molar-refractivity contribution is 0.206. The molecule has 1 saturated carbocycles. The Bertz CT molecular complexity index is 640. The van der Waals surface area contributed by atoms with Crippen molar-refractivity contribution in [1.82, 2.24) is 15.1 Å². The molecule has 0 radical (unpaired) electrons. The Kier molecular flexibility index (Phi) is 4.20. The summed E-state index contributed by atoms with van der Waals surface area (Å²) in [6, 6.07) is 5.76. The summed E-state index contributed by atoms with van der Waals surface area (Å²) in [6.07, 6.45) is 2.64.